The number of para-hydroxylation sites is 2. The largest absolute Gasteiger partial charge is 0.489 e. The summed E-state index contributed by atoms with van der Waals surface area (Å²) in [6.45, 7) is 2.19. The summed E-state index contributed by atoms with van der Waals surface area (Å²) in [5, 5.41) is 0. The maximum Gasteiger partial charge on any atom is 0.264 e. The molecule has 0 aromatic heterocycles. The fourth-order valence-electron chi connectivity index (χ4n) is 2.35. The van der Waals surface area contributed by atoms with Crippen LogP contribution in [-0.2, 0) is 10.0 Å². The first-order valence-electron chi connectivity index (χ1n) is 6.42. The third-order valence-electron chi connectivity index (χ3n) is 3.28. The van der Waals surface area contributed by atoms with Gasteiger partial charge in [0.15, 0.2) is 0 Å². The zero-order chi connectivity index (χ0) is 14.2. The van der Waals surface area contributed by atoms with Gasteiger partial charge >= 0.3 is 0 Å². The fraction of sp³-hybridized carbons (Fsp3) is 0.200. The van der Waals surface area contributed by atoms with Gasteiger partial charge in [-0.2, -0.15) is 0 Å². The summed E-state index contributed by atoms with van der Waals surface area (Å²) in [7, 11) is -3.57. The molecule has 0 saturated carbocycles. The van der Waals surface area contributed by atoms with Crippen molar-refractivity contribution in [2.75, 3.05) is 10.9 Å². The Bertz CT molecular complexity index is 713. The second-order valence-corrected chi connectivity index (χ2v) is 6.56. The average Bonchev–Trinajstić information content (AvgIpc) is 2.47. The van der Waals surface area contributed by atoms with E-state index >= 15 is 0 Å². The lowest BCUT2D eigenvalue weighted by Gasteiger charge is -2.35. The second kappa shape index (κ2) is 4.83. The predicted molar refractivity (Wildman–Crippen MR) is 77.5 cm³/mol. The van der Waals surface area contributed by atoms with Crippen LogP contribution in [0, 0.1) is 0 Å². The maximum absolute atomic E-state index is 12.8. The quantitative estimate of drug-likeness (QED) is 0.854. The summed E-state index contributed by atoms with van der Waals surface area (Å²) in [6, 6.07) is 15.4. The van der Waals surface area contributed by atoms with E-state index in [4.69, 9.17) is 4.74 Å². The molecule has 2 aromatic rings. The van der Waals surface area contributed by atoms with Gasteiger partial charge in [0.05, 0.1) is 16.6 Å². The number of benzene rings is 2. The van der Waals surface area contributed by atoms with Crippen molar-refractivity contribution in [3.05, 3.63) is 54.6 Å². The summed E-state index contributed by atoms with van der Waals surface area (Å²) in [6.07, 6.45) is 0. The third kappa shape index (κ3) is 2.04. The molecule has 4 nitrogen and oxygen atoms in total. The third-order valence-corrected chi connectivity index (χ3v) is 5.23. The van der Waals surface area contributed by atoms with E-state index < -0.39 is 10.0 Å². The number of hydrogen-bond donors (Lipinski definition) is 0. The Morgan fingerprint density at radius 2 is 1.70 bits per heavy atom. The summed E-state index contributed by atoms with van der Waals surface area (Å²) in [5.41, 5.74) is 0.593. The van der Waals surface area contributed by atoms with Gasteiger partial charge in [-0.25, -0.2) is 8.42 Å². The summed E-state index contributed by atoms with van der Waals surface area (Å²) < 4.78 is 32.7. The monoisotopic (exact) mass is 289 g/mol. The molecule has 3 rings (SSSR count). The Morgan fingerprint density at radius 3 is 2.45 bits per heavy atom. The molecule has 1 aliphatic rings. The van der Waals surface area contributed by atoms with E-state index in [1.54, 1.807) is 42.5 Å². The van der Waals surface area contributed by atoms with Crippen LogP contribution in [0.1, 0.15) is 6.92 Å². The van der Waals surface area contributed by atoms with Crippen LogP contribution in [0.4, 0.5) is 5.69 Å². The van der Waals surface area contributed by atoms with Crippen molar-refractivity contribution in [3.63, 3.8) is 0 Å². The molecular weight excluding hydrogens is 274 g/mol. The number of sulfonamides is 1. The Balaban J connectivity index is 2.14. The van der Waals surface area contributed by atoms with Crippen LogP contribution in [0.2, 0.25) is 0 Å². The Labute approximate surface area is 118 Å². The molecule has 2 aromatic carbocycles. The van der Waals surface area contributed by atoms with Crippen LogP contribution in [0.25, 0.3) is 0 Å². The highest BCUT2D eigenvalue weighted by molar-refractivity contribution is 7.92. The van der Waals surface area contributed by atoms with E-state index in [0.717, 1.165) is 0 Å². The first-order valence-corrected chi connectivity index (χ1v) is 7.86. The van der Waals surface area contributed by atoms with Crippen molar-refractivity contribution in [2.24, 2.45) is 0 Å². The Kier molecular flexibility index (Phi) is 3.14. The zero-order valence-corrected chi connectivity index (χ0v) is 11.9. The molecule has 1 atom stereocenters. The number of hydrogen-bond acceptors (Lipinski definition) is 3. The number of nitrogens with zero attached hydrogens (tertiary/aromatic N) is 1. The highest BCUT2D eigenvalue weighted by Gasteiger charge is 2.34. The van der Waals surface area contributed by atoms with Crippen LogP contribution >= 0.6 is 0 Å². The molecule has 0 fully saturated rings. The molecule has 0 spiro atoms. The number of ether oxygens (including phenoxy) is 1. The summed E-state index contributed by atoms with van der Waals surface area (Å²) >= 11 is 0. The van der Waals surface area contributed by atoms with Gasteiger partial charge in [0, 0.05) is 0 Å². The molecule has 0 saturated heterocycles. The second-order valence-electron chi connectivity index (χ2n) is 4.74. The van der Waals surface area contributed by atoms with E-state index in [0.29, 0.717) is 22.9 Å². The van der Waals surface area contributed by atoms with Crippen molar-refractivity contribution in [2.45, 2.75) is 17.9 Å². The lowest BCUT2D eigenvalue weighted by atomic mass is 10.2. The molecular formula is C15H15NO3S. The van der Waals surface area contributed by atoms with Gasteiger partial charge in [-0.15, -0.1) is 0 Å². The Hall–Kier alpha value is -2.01. The molecule has 104 valence electrons. The van der Waals surface area contributed by atoms with Gasteiger partial charge in [0.2, 0.25) is 0 Å². The fourth-order valence-corrected chi connectivity index (χ4v) is 4.02. The lowest BCUT2D eigenvalue weighted by Crippen LogP contribution is -2.44. The van der Waals surface area contributed by atoms with Gasteiger partial charge in [0.25, 0.3) is 10.0 Å². The van der Waals surface area contributed by atoms with Crippen molar-refractivity contribution in [1.29, 1.82) is 0 Å². The minimum Gasteiger partial charge on any atom is -0.489 e. The van der Waals surface area contributed by atoms with E-state index in [1.807, 2.05) is 19.1 Å². The molecule has 0 aliphatic carbocycles. The molecule has 0 unspecified atom stereocenters. The van der Waals surface area contributed by atoms with Gasteiger partial charge in [-0.3, -0.25) is 4.31 Å². The first kappa shape index (κ1) is 13.0. The molecule has 1 aliphatic heterocycles. The van der Waals surface area contributed by atoms with Crippen molar-refractivity contribution >= 4 is 15.7 Å². The first-order chi connectivity index (χ1) is 9.60. The molecule has 0 N–H and O–H groups in total. The van der Waals surface area contributed by atoms with Crippen molar-refractivity contribution < 1.29 is 13.2 Å². The van der Waals surface area contributed by atoms with Crippen LogP contribution in [0.5, 0.6) is 5.75 Å². The smallest absolute Gasteiger partial charge is 0.264 e. The number of fused-ring (bicyclic) bond motifs is 1. The van der Waals surface area contributed by atoms with E-state index in [2.05, 4.69) is 0 Å². The number of rotatable bonds is 2. The van der Waals surface area contributed by atoms with Gasteiger partial charge in [0.1, 0.15) is 12.4 Å². The average molecular weight is 289 g/mol. The van der Waals surface area contributed by atoms with E-state index in [1.165, 1.54) is 4.31 Å². The summed E-state index contributed by atoms with van der Waals surface area (Å²) in [4.78, 5) is 0.295. The van der Waals surface area contributed by atoms with E-state index in [9.17, 15) is 8.42 Å². The lowest BCUT2D eigenvalue weighted by molar-refractivity contribution is 0.281. The maximum atomic E-state index is 12.8. The molecule has 20 heavy (non-hydrogen) atoms. The van der Waals surface area contributed by atoms with Gasteiger partial charge in [-0.1, -0.05) is 30.3 Å². The minimum atomic E-state index is -3.57. The number of anilines is 1. The van der Waals surface area contributed by atoms with Crippen LogP contribution < -0.4 is 9.04 Å². The van der Waals surface area contributed by atoms with Gasteiger partial charge in [-0.05, 0) is 31.2 Å². The molecule has 0 radical (unpaired) electrons. The molecule has 0 bridgehead atoms. The van der Waals surface area contributed by atoms with Gasteiger partial charge < -0.3 is 4.74 Å². The van der Waals surface area contributed by atoms with Crippen LogP contribution in [0.15, 0.2) is 59.5 Å². The zero-order valence-electron chi connectivity index (χ0n) is 11.1. The summed E-state index contributed by atoms with van der Waals surface area (Å²) in [5.74, 6) is 0.602. The normalized spacial score (nSPS) is 18.2. The predicted octanol–water partition coefficient (Wildman–Crippen LogP) is 2.66. The van der Waals surface area contributed by atoms with Crippen molar-refractivity contribution in [1.82, 2.24) is 0 Å². The van der Waals surface area contributed by atoms with Crippen LogP contribution in [-0.4, -0.2) is 21.1 Å². The van der Waals surface area contributed by atoms with E-state index in [-0.39, 0.29) is 6.04 Å². The standard InChI is InChI=1S/C15H15NO3S/c1-12-11-19-15-10-6-5-9-14(15)16(12)20(17,18)13-7-3-2-4-8-13/h2-10,12H,11H2,1H3/t12-/m0/s1. The molecule has 5 heteroatoms. The Morgan fingerprint density at radius 1 is 1.05 bits per heavy atom. The highest BCUT2D eigenvalue weighted by Crippen LogP contribution is 2.37. The SMILES string of the molecule is C[C@H]1COc2ccccc2N1S(=O)(=O)c1ccccc1. The van der Waals surface area contributed by atoms with Crippen molar-refractivity contribution in [3.8, 4) is 5.75 Å². The molecule has 0 amide bonds. The van der Waals surface area contributed by atoms with Crippen LogP contribution in [0.3, 0.4) is 0 Å². The molecule has 1 heterocycles. The highest BCUT2D eigenvalue weighted by atomic mass is 32.2. The minimum absolute atomic E-state index is 0.241. The topological polar surface area (TPSA) is 46.6 Å².